The molecule has 0 unspecified atom stereocenters. The van der Waals surface area contributed by atoms with Crippen LogP contribution in [0.2, 0.25) is 0 Å². The molecule has 0 spiro atoms. The Balaban J connectivity index is 1.69. The maximum atomic E-state index is 13.4. The number of hydrogen-bond donors (Lipinski definition) is 0. The van der Waals surface area contributed by atoms with E-state index in [-0.39, 0.29) is 11.5 Å². The molecule has 0 bridgehead atoms. The molecule has 0 saturated carbocycles. The number of nitro groups is 1. The summed E-state index contributed by atoms with van der Waals surface area (Å²) < 4.78 is 13.4. The van der Waals surface area contributed by atoms with Gasteiger partial charge in [0.25, 0.3) is 5.91 Å². The number of carbonyl (C=O) groups excluding carboxylic acids is 1. The van der Waals surface area contributed by atoms with Crippen LogP contribution in [-0.2, 0) is 0 Å². The van der Waals surface area contributed by atoms with Gasteiger partial charge in [0.1, 0.15) is 0 Å². The van der Waals surface area contributed by atoms with Crippen LogP contribution in [0.15, 0.2) is 36.7 Å². The molecule has 8 nitrogen and oxygen atoms in total. The van der Waals surface area contributed by atoms with Crippen molar-refractivity contribution in [1.82, 2.24) is 14.9 Å². The number of benzene rings is 1. The standard InChI is InChI=1S/C15H14FN5O3/c16-12-3-2-11(10-13(12)21(23)24)14(22)19-6-8-20(9-7-19)15-17-4-1-5-18-15/h1-5,10H,6-9H2. The molecule has 1 aliphatic rings. The second kappa shape index (κ2) is 6.57. The van der Waals surface area contributed by atoms with Crippen LogP contribution in [-0.4, -0.2) is 51.9 Å². The highest BCUT2D eigenvalue weighted by molar-refractivity contribution is 5.95. The van der Waals surface area contributed by atoms with Crippen molar-refractivity contribution in [3.8, 4) is 0 Å². The zero-order valence-corrected chi connectivity index (χ0v) is 12.6. The van der Waals surface area contributed by atoms with E-state index >= 15 is 0 Å². The maximum Gasteiger partial charge on any atom is 0.305 e. The van der Waals surface area contributed by atoms with Crippen LogP contribution >= 0.6 is 0 Å². The van der Waals surface area contributed by atoms with Gasteiger partial charge in [-0.2, -0.15) is 4.39 Å². The van der Waals surface area contributed by atoms with E-state index in [0.717, 1.165) is 12.1 Å². The number of anilines is 1. The number of piperazine rings is 1. The minimum atomic E-state index is -0.956. The van der Waals surface area contributed by atoms with Crippen LogP contribution in [0.5, 0.6) is 0 Å². The minimum absolute atomic E-state index is 0.104. The number of hydrogen-bond acceptors (Lipinski definition) is 6. The largest absolute Gasteiger partial charge is 0.337 e. The number of halogens is 1. The lowest BCUT2D eigenvalue weighted by Gasteiger charge is -2.34. The molecule has 1 saturated heterocycles. The second-order valence-electron chi connectivity index (χ2n) is 5.25. The van der Waals surface area contributed by atoms with Gasteiger partial charge in [0, 0.05) is 50.2 Å². The number of rotatable bonds is 3. The quantitative estimate of drug-likeness (QED) is 0.625. The highest BCUT2D eigenvalue weighted by Gasteiger charge is 2.25. The average Bonchev–Trinajstić information content (AvgIpc) is 2.62. The van der Waals surface area contributed by atoms with Crippen molar-refractivity contribution in [3.05, 3.63) is 58.2 Å². The molecule has 0 N–H and O–H groups in total. The number of amides is 1. The van der Waals surface area contributed by atoms with Crippen LogP contribution < -0.4 is 4.90 Å². The first-order valence-electron chi connectivity index (χ1n) is 7.31. The van der Waals surface area contributed by atoms with E-state index in [1.54, 1.807) is 23.4 Å². The van der Waals surface area contributed by atoms with Crippen LogP contribution in [0, 0.1) is 15.9 Å². The monoisotopic (exact) mass is 331 g/mol. The Morgan fingerprint density at radius 3 is 2.46 bits per heavy atom. The molecule has 0 atom stereocenters. The molecule has 1 aromatic carbocycles. The highest BCUT2D eigenvalue weighted by Crippen LogP contribution is 2.20. The van der Waals surface area contributed by atoms with Gasteiger partial charge in [-0.05, 0) is 18.2 Å². The van der Waals surface area contributed by atoms with Gasteiger partial charge in [-0.1, -0.05) is 0 Å². The van der Waals surface area contributed by atoms with Crippen molar-refractivity contribution in [1.29, 1.82) is 0 Å². The summed E-state index contributed by atoms with van der Waals surface area (Å²) in [5, 5.41) is 10.8. The molecule has 9 heteroatoms. The fourth-order valence-electron chi connectivity index (χ4n) is 2.53. The van der Waals surface area contributed by atoms with Crippen LogP contribution in [0.3, 0.4) is 0 Å². The first-order valence-corrected chi connectivity index (χ1v) is 7.31. The smallest absolute Gasteiger partial charge is 0.305 e. The third-order valence-electron chi connectivity index (χ3n) is 3.79. The molecule has 1 aliphatic heterocycles. The van der Waals surface area contributed by atoms with Gasteiger partial charge in [-0.25, -0.2) is 9.97 Å². The summed E-state index contributed by atoms with van der Waals surface area (Å²) in [6, 6.07) is 4.91. The van der Waals surface area contributed by atoms with Crippen molar-refractivity contribution in [2.75, 3.05) is 31.1 Å². The summed E-state index contributed by atoms with van der Waals surface area (Å²) in [5.41, 5.74) is -0.593. The molecule has 2 aromatic rings. The van der Waals surface area contributed by atoms with Crippen molar-refractivity contribution >= 4 is 17.5 Å². The van der Waals surface area contributed by atoms with Gasteiger partial charge >= 0.3 is 5.69 Å². The lowest BCUT2D eigenvalue weighted by molar-refractivity contribution is -0.387. The summed E-state index contributed by atoms with van der Waals surface area (Å²) in [4.78, 5) is 34.3. The van der Waals surface area contributed by atoms with E-state index in [9.17, 15) is 19.3 Å². The van der Waals surface area contributed by atoms with Gasteiger partial charge < -0.3 is 9.80 Å². The lowest BCUT2D eigenvalue weighted by atomic mass is 10.1. The Labute approximate surface area is 136 Å². The van der Waals surface area contributed by atoms with E-state index in [1.807, 2.05) is 4.90 Å². The van der Waals surface area contributed by atoms with Crippen LogP contribution in [0.25, 0.3) is 0 Å². The van der Waals surface area contributed by atoms with Gasteiger partial charge in [-0.15, -0.1) is 0 Å². The van der Waals surface area contributed by atoms with Crippen LogP contribution in [0.1, 0.15) is 10.4 Å². The number of aromatic nitrogens is 2. The summed E-state index contributed by atoms with van der Waals surface area (Å²) in [6.45, 7) is 1.97. The fourth-order valence-corrected chi connectivity index (χ4v) is 2.53. The highest BCUT2D eigenvalue weighted by atomic mass is 19.1. The maximum absolute atomic E-state index is 13.4. The van der Waals surface area contributed by atoms with Gasteiger partial charge in [0.2, 0.25) is 11.8 Å². The van der Waals surface area contributed by atoms with Gasteiger partial charge in [0.15, 0.2) is 0 Å². The number of carbonyl (C=O) groups is 1. The fraction of sp³-hybridized carbons (Fsp3) is 0.267. The molecule has 2 heterocycles. The molecule has 3 rings (SSSR count). The van der Waals surface area contributed by atoms with Crippen molar-refractivity contribution in [3.63, 3.8) is 0 Å². The first kappa shape index (κ1) is 15.8. The molecule has 0 aliphatic carbocycles. The number of nitrogens with zero attached hydrogens (tertiary/aromatic N) is 5. The van der Waals surface area contributed by atoms with Crippen molar-refractivity contribution in [2.24, 2.45) is 0 Å². The third kappa shape index (κ3) is 3.14. The molecule has 1 aromatic heterocycles. The summed E-state index contributed by atoms with van der Waals surface area (Å²) in [5.74, 6) is -0.712. The Kier molecular flexibility index (Phi) is 4.32. The van der Waals surface area contributed by atoms with Crippen molar-refractivity contribution < 1.29 is 14.1 Å². The van der Waals surface area contributed by atoms with Gasteiger partial charge in [-0.3, -0.25) is 14.9 Å². The van der Waals surface area contributed by atoms with E-state index in [2.05, 4.69) is 9.97 Å². The number of nitro benzene ring substituents is 1. The first-order chi connectivity index (χ1) is 11.6. The average molecular weight is 331 g/mol. The predicted molar refractivity (Wildman–Crippen MR) is 83.2 cm³/mol. The normalized spacial score (nSPS) is 14.5. The predicted octanol–water partition coefficient (Wildman–Crippen LogP) is 1.49. The Morgan fingerprint density at radius 1 is 1.17 bits per heavy atom. The minimum Gasteiger partial charge on any atom is -0.337 e. The third-order valence-corrected chi connectivity index (χ3v) is 3.79. The molecule has 1 fully saturated rings. The Hall–Kier alpha value is -3.10. The van der Waals surface area contributed by atoms with Crippen LogP contribution in [0.4, 0.5) is 16.0 Å². The zero-order valence-electron chi connectivity index (χ0n) is 12.6. The molecule has 1 amide bonds. The van der Waals surface area contributed by atoms with E-state index < -0.39 is 16.4 Å². The van der Waals surface area contributed by atoms with E-state index in [0.29, 0.717) is 32.1 Å². The van der Waals surface area contributed by atoms with Gasteiger partial charge in [0.05, 0.1) is 4.92 Å². The Bertz CT molecular complexity index is 763. The SMILES string of the molecule is O=C(c1ccc(F)c([N+](=O)[O-])c1)N1CCN(c2ncccn2)CC1. The Morgan fingerprint density at radius 2 is 1.83 bits per heavy atom. The molecular formula is C15H14FN5O3. The molecular weight excluding hydrogens is 317 g/mol. The van der Waals surface area contributed by atoms with E-state index in [1.165, 1.54) is 6.07 Å². The zero-order chi connectivity index (χ0) is 17.1. The van der Waals surface area contributed by atoms with E-state index in [4.69, 9.17) is 0 Å². The molecule has 0 radical (unpaired) electrons. The topological polar surface area (TPSA) is 92.5 Å². The second-order valence-corrected chi connectivity index (χ2v) is 5.25. The summed E-state index contributed by atoms with van der Waals surface area (Å²) >= 11 is 0. The molecule has 124 valence electrons. The van der Waals surface area contributed by atoms with Crippen molar-refractivity contribution in [2.45, 2.75) is 0 Å². The summed E-state index contributed by atoms with van der Waals surface area (Å²) in [6.07, 6.45) is 3.30. The summed E-state index contributed by atoms with van der Waals surface area (Å²) in [7, 11) is 0. The lowest BCUT2D eigenvalue weighted by Crippen LogP contribution is -2.49. The molecule has 24 heavy (non-hydrogen) atoms.